The molecule has 0 fully saturated rings. The number of carbonyl (C=O) groups excluding carboxylic acids is 1. The molecule has 0 saturated carbocycles. The Hall–Kier alpha value is -2.73. The van der Waals surface area contributed by atoms with E-state index < -0.39 is 0 Å². The lowest BCUT2D eigenvalue weighted by Gasteiger charge is -2.04. The number of rotatable bonds is 4. The van der Waals surface area contributed by atoms with Crippen LogP contribution < -0.4 is 10.9 Å². The first-order valence-corrected chi connectivity index (χ1v) is 8.30. The first-order valence-electron chi connectivity index (χ1n) is 7.48. The maximum atomic E-state index is 12.6. The highest BCUT2D eigenvalue weighted by Gasteiger charge is 2.19. The van der Waals surface area contributed by atoms with Gasteiger partial charge in [0.15, 0.2) is 0 Å². The Bertz CT molecular complexity index is 984. The number of amides is 1. The van der Waals surface area contributed by atoms with Crippen LogP contribution in [0.15, 0.2) is 48.0 Å². The average Bonchev–Trinajstić information content (AvgIpc) is 2.90. The number of allylic oxidation sites excluding steroid dienone is 1. The van der Waals surface area contributed by atoms with Crippen molar-refractivity contribution >= 4 is 33.1 Å². The molecule has 122 valence electrons. The number of hydrogen-bond donors (Lipinski definition) is 1. The van der Waals surface area contributed by atoms with Crippen LogP contribution in [0.3, 0.4) is 0 Å². The van der Waals surface area contributed by atoms with Crippen LogP contribution in [0.4, 0.5) is 5.69 Å². The topological polar surface area (TPSA) is 64.0 Å². The fourth-order valence-electron chi connectivity index (χ4n) is 2.47. The lowest BCUT2D eigenvalue weighted by molar-refractivity contribution is 0.103. The molecule has 0 aliphatic rings. The zero-order chi connectivity index (χ0) is 17.3. The van der Waals surface area contributed by atoms with Gasteiger partial charge in [-0.15, -0.1) is 17.9 Å². The fraction of sp³-hybridized carbons (Fsp3) is 0.167. The molecule has 1 N–H and O–H groups in total. The molecule has 0 aliphatic heterocycles. The first-order chi connectivity index (χ1) is 11.5. The van der Waals surface area contributed by atoms with E-state index in [0.29, 0.717) is 27.2 Å². The number of thiophene rings is 1. The average molecular weight is 339 g/mol. The summed E-state index contributed by atoms with van der Waals surface area (Å²) in [7, 11) is 0. The van der Waals surface area contributed by atoms with E-state index in [1.54, 1.807) is 13.0 Å². The zero-order valence-electron chi connectivity index (χ0n) is 13.5. The number of anilines is 1. The highest BCUT2D eigenvalue weighted by Crippen LogP contribution is 2.27. The molecule has 1 amide bonds. The number of carbonyl (C=O) groups is 1. The molecular weight excluding hydrogens is 322 g/mol. The Morgan fingerprint density at radius 3 is 2.71 bits per heavy atom. The fourth-order valence-corrected chi connectivity index (χ4v) is 3.50. The summed E-state index contributed by atoms with van der Waals surface area (Å²) in [6.45, 7) is 7.80. The minimum Gasteiger partial charge on any atom is -0.321 e. The van der Waals surface area contributed by atoms with Gasteiger partial charge in [-0.2, -0.15) is 0 Å². The Balaban J connectivity index is 2.00. The highest BCUT2D eigenvalue weighted by molar-refractivity contribution is 7.20. The SMILES string of the molecule is C=CCn1cnc2sc(C(=O)Nc3ccc(C)cc3)c(C)c2c1=O. The van der Waals surface area contributed by atoms with Crippen LogP contribution in [-0.4, -0.2) is 15.5 Å². The number of benzene rings is 1. The van der Waals surface area contributed by atoms with Crippen molar-refractivity contribution in [3.05, 3.63) is 69.6 Å². The third-order valence-electron chi connectivity index (χ3n) is 3.76. The lowest BCUT2D eigenvalue weighted by Crippen LogP contribution is -2.20. The summed E-state index contributed by atoms with van der Waals surface area (Å²) >= 11 is 1.23. The van der Waals surface area contributed by atoms with Crippen molar-refractivity contribution in [1.29, 1.82) is 0 Å². The minimum atomic E-state index is -0.228. The molecule has 0 atom stereocenters. The predicted molar refractivity (Wildman–Crippen MR) is 97.9 cm³/mol. The maximum Gasteiger partial charge on any atom is 0.266 e. The Kier molecular flexibility index (Phi) is 4.31. The Morgan fingerprint density at radius 2 is 2.04 bits per heavy atom. The van der Waals surface area contributed by atoms with Crippen LogP contribution in [0.25, 0.3) is 10.2 Å². The van der Waals surface area contributed by atoms with Gasteiger partial charge in [0.1, 0.15) is 4.83 Å². The summed E-state index contributed by atoms with van der Waals surface area (Å²) in [5.74, 6) is -0.228. The van der Waals surface area contributed by atoms with Crippen LogP contribution in [-0.2, 0) is 6.54 Å². The molecule has 5 nitrogen and oxygen atoms in total. The number of hydrogen-bond acceptors (Lipinski definition) is 4. The van der Waals surface area contributed by atoms with Gasteiger partial charge in [0.2, 0.25) is 0 Å². The van der Waals surface area contributed by atoms with E-state index in [9.17, 15) is 9.59 Å². The van der Waals surface area contributed by atoms with Crippen molar-refractivity contribution in [2.75, 3.05) is 5.32 Å². The normalized spacial score (nSPS) is 10.8. The summed E-state index contributed by atoms with van der Waals surface area (Å²) < 4.78 is 1.48. The Morgan fingerprint density at radius 1 is 1.33 bits per heavy atom. The minimum absolute atomic E-state index is 0.150. The van der Waals surface area contributed by atoms with Gasteiger partial charge in [0, 0.05) is 12.2 Å². The monoisotopic (exact) mass is 339 g/mol. The van der Waals surface area contributed by atoms with E-state index in [1.807, 2.05) is 31.2 Å². The summed E-state index contributed by atoms with van der Waals surface area (Å²) in [4.78, 5) is 30.5. The van der Waals surface area contributed by atoms with E-state index in [4.69, 9.17) is 0 Å². The molecule has 0 aliphatic carbocycles. The first kappa shape index (κ1) is 16.1. The number of fused-ring (bicyclic) bond motifs is 1. The summed E-state index contributed by atoms with van der Waals surface area (Å²) in [5, 5.41) is 3.36. The molecule has 3 rings (SSSR count). The molecule has 0 bridgehead atoms. The van der Waals surface area contributed by atoms with Crippen LogP contribution in [0, 0.1) is 13.8 Å². The van der Waals surface area contributed by atoms with Crippen LogP contribution in [0.2, 0.25) is 0 Å². The third-order valence-corrected chi connectivity index (χ3v) is 4.96. The van der Waals surface area contributed by atoms with Gasteiger partial charge in [-0.1, -0.05) is 23.8 Å². The molecule has 0 saturated heterocycles. The van der Waals surface area contributed by atoms with Crippen molar-refractivity contribution in [2.24, 2.45) is 0 Å². The number of nitrogens with zero attached hydrogens (tertiary/aromatic N) is 2. The molecule has 1 aromatic carbocycles. The molecule has 24 heavy (non-hydrogen) atoms. The van der Waals surface area contributed by atoms with Crippen molar-refractivity contribution < 1.29 is 4.79 Å². The Labute approximate surface area is 143 Å². The molecule has 0 spiro atoms. The molecule has 3 aromatic rings. The second-order valence-corrected chi connectivity index (χ2v) is 6.55. The van der Waals surface area contributed by atoms with Gasteiger partial charge < -0.3 is 5.32 Å². The van der Waals surface area contributed by atoms with Crippen molar-refractivity contribution in [3.63, 3.8) is 0 Å². The molecular formula is C18H17N3O2S. The smallest absolute Gasteiger partial charge is 0.266 e. The predicted octanol–water partition coefficient (Wildman–Crippen LogP) is 3.51. The zero-order valence-corrected chi connectivity index (χ0v) is 14.3. The third kappa shape index (κ3) is 2.88. The van der Waals surface area contributed by atoms with E-state index in [-0.39, 0.29) is 11.5 Å². The second kappa shape index (κ2) is 6.41. The van der Waals surface area contributed by atoms with Crippen molar-refractivity contribution in [1.82, 2.24) is 9.55 Å². The van der Waals surface area contributed by atoms with E-state index in [2.05, 4.69) is 16.9 Å². The van der Waals surface area contributed by atoms with Crippen LogP contribution in [0.5, 0.6) is 0 Å². The largest absolute Gasteiger partial charge is 0.321 e. The summed E-state index contributed by atoms with van der Waals surface area (Å²) in [6.07, 6.45) is 3.13. The van der Waals surface area contributed by atoms with E-state index in [0.717, 1.165) is 11.3 Å². The summed E-state index contributed by atoms with van der Waals surface area (Å²) in [6, 6.07) is 7.57. The number of aromatic nitrogens is 2. The molecule has 0 radical (unpaired) electrons. The van der Waals surface area contributed by atoms with Crippen LogP contribution in [0.1, 0.15) is 20.8 Å². The number of nitrogens with one attached hydrogen (secondary N) is 1. The van der Waals surface area contributed by atoms with Crippen LogP contribution >= 0.6 is 11.3 Å². The second-order valence-electron chi connectivity index (χ2n) is 5.55. The van der Waals surface area contributed by atoms with Gasteiger partial charge in [0.05, 0.1) is 16.6 Å². The van der Waals surface area contributed by atoms with Crippen molar-refractivity contribution in [3.8, 4) is 0 Å². The van der Waals surface area contributed by atoms with E-state index >= 15 is 0 Å². The van der Waals surface area contributed by atoms with Gasteiger partial charge in [-0.3, -0.25) is 14.2 Å². The summed E-state index contributed by atoms with van der Waals surface area (Å²) in [5.41, 5.74) is 2.36. The van der Waals surface area contributed by atoms with Gasteiger partial charge in [-0.25, -0.2) is 4.98 Å². The van der Waals surface area contributed by atoms with Gasteiger partial charge >= 0.3 is 0 Å². The quantitative estimate of drug-likeness (QED) is 0.740. The maximum absolute atomic E-state index is 12.6. The van der Waals surface area contributed by atoms with Gasteiger partial charge in [0.25, 0.3) is 11.5 Å². The highest BCUT2D eigenvalue weighted by atomic mass is 32.1. The lowest BCUT2D eigenvalue weighted by atomic mass is 10.2. The standard InChI is InChI=1S/C18H17N3O2S/c1-4-9-21-10-19-17-14(18(21)23)12(3)15(24-17)16(22)20-13-7-5-11(2)6-8-13/h4-8,10H,1,9H2,2-3H3,(H,20,22). The van der Waals surface area contributed by atoms with E-state index in [1.165, 1.54) is 22.2 Å². The van der Waals surface area contributed by atoms with Gasteiger partial charge in [-0.05, 0) is 31.5 Å². The molecule has 6 heteroatoms. The molecule has 2 aromatic heterocycles. The number of aryl methyl sites for hydroxylation is 2. The molecule has 0 unspecified atom stereocenters. The van der Waals surface area contributed by atoms with Crippen molar-refractivity contribution in [2.45, 2.75) is 20.4 Å². The molecule has 2 heterocycles.